The predicted octanol–water partition coefficient (Wildman–Crippen LogP) is 2.05. The molecule has 0 spiro atoms. The Labute approximate surface area is 77.1 Å². The highest BCUT2D eigenvalue weighted by Gasteiger charge is 2.03. The molecular weight excluding hydrogens is 162 g/mol. The van der Waals surface area contributed by atoms with Gasteiger partial charge in [0.25, 0.3) is 0 Å². The molecule has 1 atom stereocenters. The van der Waals surface area contributed by atoms with Gasteiger partial charge in [-0.1, -0.05) is 36.4 Å². The van der Waals surface area contributed by atoms with Gasteiger partial charge in [0.05, 0.1) is 12.0 Å². The summed E-state index contributed by atoms with van der Waals surface area (Å²) in [6.45, 7) is 0. The number of rotatable bonds is 3. The van der Waals surface area contributed by atoms with Crippen molar-refractivity contribution in [2.45, 2.75) is 5.92 Å². The molecule has 0 amide bonds. The number of benzene rings is 1. The quantitative estimate of drug-likeness (QED) is 0.515. The molecule has 0 heterocycles. The van der Waals surface area contributed by atoms with Gasteiger partial charge in [-0.3, -0.25) is 4.79 Å². The topological polar surface area (TPSA) is 40.9 Å². The Bertz CT molecular complexity index is 335. The maximum absolute atomic E-state index is 10.1. The number of nitrogens with zero attached hydrogens (tertiary/aromatic N) is 1. The van der Waals surface area contributed by atoms with Crippen LogP contribution in [-0.2, 0) is 4.79 Å². The molecule has 1 aromatic rings. The fourth-order valence-corrected chi connectivity index (χ4v) is 1.05. The smallest absolute Gasteiger partial charge is 0.142 e. The average molecular weight is 171 g/mol. The Hall–Kier alpha value is -1.88. The Balaban J connectivity index is 2.86. The average Bonchev–Trinajstić information content (AvgIpc) is 2.21. The summed E-state index contributed by atoms with van der Waals surface area (Å²) < 4.78 is 0. The van der Waals surface area contributed by atoms with Gasteiger partial charge in [-0.05, 0) is 11.6 Å². The van der Waals surface area contributed by atoms with Crippen molar-refractivity contribution in [3.8, 4) is 6.07 Å². The van der Waals surface area contributed by atoms with E-state index in [9.17, 15) is 4.79 Å². The third kappa shape index (κ3) is 2.57. The maximum atomic E-state index is 10.1. The monoisotopic (exact) mass is 171 g/mol. The van der Waals surface area contributed by atoms with E-state index in [2.05, 4.69) is 6.07 Å². The second-order valence-electron chi connectivity index (χ2n) is 2.54. The minimum atomic E-state index is -0.327. The molecular formula is C11H9NO. The molecule has 0 saturated carbocycles. The number of carbonyl (C=O) groups is 1. The second-order valence-corrected chi connectivity index (χ2v) is 2.54. The van der Waals surface area contributed by atoms with Gasteiger partial charge in [0.2, 0.25) is 0 Å². The van der Waals surface area contributed by atoms with E-state index >= 15 is 0 Å². The number of allylic oxidation sites excluding steroid dienone is 2. The van der Waals surface area contributed by atoms with Gasteiger partial charge in [0, 0.05) is 0 Å². The van der Waals surface area contributed by atoms with Crippen molar-refractivity contribution in [1.29, 1.82) is 5.26 Å². The van der Waals surface area contributed by atoms with E-state index in [4.69, 9.17) is 5.26 Å². The molecule has 13 heavy (non-hydrogen) atoms. The van der Waals surface area contributed by atoms with Gasteiger partial charge in [-0.2, -0.15) is 5.26 Å². The standard InChI is InChI=1S/C11H9NO/c12-9-11(7-4-8-13)10-5-2-1-3-6-10/h1-8,11H. The van der Waals surface area contributed by atoms with Gasteiger partial charge in [0.1, 0.15) is 6.29 Å². The maximum Gasteiger partial charge on any atom is 0.142 e. The Morgan fingerprint density at radius 2 is 2.00 bits per heavy atom. The van der Waals surface area contributed by atoms with E-state index < -0.39 is 0 Å². The SMILES string of the molecule is N#CC(C=CC=O)c1ccccc1. The summed E-state index contributed by atoms with van der Waals surface area (Å²) in [5.74, 6) is -0.327. The summed E-state index contributed by atoms with van der Waals surface area (Å²) in [4.78, 5) is 10.1. The summed E-state index contributed by atoms with van der Waals surface area (Å²) in [5.41, 5.74) is 0.906. The van der Waals surface area contributed by atoms with Crippen LogP contribution in [0.25, 0.3) is 0 Å². The molecule has 1 unspecified atom stereocenters. The van der Waals surface area contributed by atoms with Crippen LogP contribution >= 0.6 is 0 Å². The normalized spacial score (nSPS) is 12.2. The van der Waals surface area contributed by atoms with Crippen LogP contribution in [-0.4, -0.2) is 6.29 Å². The molecule has 64 valence electrons. The third-order valence-corrected chi connectivity index (χ3v) is 1.68. The molecule has 2 nitrogen and oxygen atoms in total. The summed E-state index contributed by atoms with van der Waals surface area (Å²) in [7, 11) is 0. The Kier molecular flexibility index (Phi) is 3.46. The highest BCUT2D eigenvalue weighted by Crippen LogP contribution is 2.15. The van der Waals surface area contributed by atoms with Crippen LogP contribution in [0.15, 0.2) is 42.5 Å². The predicted molar refractivity (Wildman–Crippen MR) is 50.0 cm³/mol. The molecule has 0 aliphatic carbocycles. The van der Waals surface area contributed by atoms with Gasteiger partial charge < -0.3 is 0 Å². The first-order valence-electron chi connectivity index (χ1n) is 3.95. The first-order chi connectivity index (χ1) is 6.38. The summed E-state index contributed by atoms with van der Waals surface area (Å²) >= 11 is 0. The van der Waals surface area contributed by atoms with Crippen LogP contribution in [0.1, 0.15) is 11.5 Å². The van der Waals surface area contributed by atoms with Crippen LogP contribution in [0, 0.1) is 11.3 Å². The first-order valence-corrected chi connectivity index (χ1v) is 3.95. The molecule has 2 heteroatoms. The van der Waals surface area contributed by atoms with Crippen LogP contribution in [0.3, 0.4) is 0 Å². The number of carbonyl (C=O) groups excluding carboxylic acids is 1. The number of hydrogen-bond donors (Lipinski definition) is 0. The minimum absolute atomic E-state index is 0.327. The van der Waals surface area contributed by atoms with Gasteiger partial charge >= 0.3 is 0 Å². The van der Waals surface area contributed by atoms with Crippen LogP contribution < -0.4 is 0 Å². The van der Waals surface area contributed by atoms with Crippen LogP contribution in [0.5, 0.6) is 0 Å². The molecule has 0 saturated heterocycles. The molecule has 0 bridgehead atoms. The largest absolute Gasteiger partial charge is 0.299 e. The van der Waals surface area contributed by atoms with E-state index in [1.165, 1.54) is 6.08 Å². The summed E-state index contributed by atoms with van der Waals surface area (Å²) in [6, 6.07) is 11.5. The lowest BCUT2D eigenvalue weighted by Gasteiger charge is -2.01. The summed E-state index contributed by atoms with van der Waals surface area (Å²) in [5, 5.41) is 8.79. The lowest BCUT2D eigenvalue weighted by molar-refractivity contribution is -0.104. The van der Waals surface area contributed by atoms with E-state index in [-0.39, 0.29) is 5.92 Å². The molecule has 0 aliphatic heterocycles. The van der Waals surface area contributed by atoms with Crippen LogP contribution in [0.2, 0.25) is 0 Å². The fourth-order valence-electron chi connectivity index (χ4n) is 1.05. The first kappa shape index (κ1) is 9.21. The van der Waals surface area contributed by atoms with Crippen molar-refractivity contribution in [2.24, 2.45) is 0 Å². The number of hydrogen-bond acceptors (Lipinski definition) is 2. The molecule has 0 radical (unpaired) electrons. The zero-order valence-electron chi connectivity index (χ0n) is 7.05. The van der Waals surface area contributed by atoms with Crippen molar-refractivity contribution in [2.75, 3.05) is 0 Å². The minimum Gasteiger partial charge on any atom is -0.299 e. The van der Waals surface area contributed by atoms with Gasteiger partial charge in [0.15, 0.2) is 0 Å². The highest BCUT2D eigenvalue weighted by molar-refractivity contribution is 5.65. The van der Waals surface area contributed by atoms with E-state index in [1.807, 2.05) is 30.3 Å². The molecule has 0 fully saturated rings. The molecule has 0 N–H and O–H groups in total. The lowest BCUT2D eigenvalue weighted by atomic mass is 10.0. The fraction of sp³-hybridized carbons (Fsp3) is 0.0909. The molecule has 0 aliphatic rings. The zero-order chi connectivity index (χ0) is 9.52. The van der Waals surface area contributed by atoms with Crippen molar-refractivity contribution in [3.63, 3.8) is 0 Å². The van der Waals surface area contributed by atoms with Gasteiger partial charge in [-0.25, -0.2) is 0 Å². The van der Waals surface area contributed by atoms with Gasteiger partial charge in [-0.15, -0.1) is 0 Å². The van der Waals surface area contributed by atoms with E-state index in [0.717, 1.165) is 5.56 Å². The number of aldehydes is 1. The molecule has 1 aromatic carbocycles. The zero-order valence-corrected chi connectivity index (χ0v) is 7.05. The second kappa shape index (κ2) is 4.89. The van der Waals surface area contributed by atoms with Crippen molar-refractivity contribution in [1.82, 2.24) is 0 Å². The van der Waals surface area contributed by atoms with E-state index in [1.54, 1.807) is 6.08 Å². The van der Waals surface area contributed by atoms with Crippen molar-refractivity contribution in [3.05, 3.63) is 48.0 Å². The van der Waals surface area contributed by atoms with E-state index in [0.29, 0.717) is 6.29 Å². The Morgan fingerprint density at radius 1 is 1.31 bits per heavy atom. The van der Waals surface area contributed by atoms with Crippen molar-refractivity contribution >= 4 is 6.29 Å². The molecule has 1 rings (SSSR count). The third-order valence-electron chi connectivity index (χ3n) is 1.68. The van der Waals surface area contributed by atoms with Crippen LogP contribution in [0.4, 0.5) is 0 Å². The lowest BCUT2D eigenvalue weighted by Crippen LogP contribution is -1.90. The Morgan fingerprint density at radius 3 is 2.54 bits per heavy atom. The number of nitriles is 1. The highest BCUT2D eigenvalue weighted by atomic mass is 16.1. The molecule has 0 aromatic heterocycles. The van der Waals surface area contributed by atoms with Crippen molar-refractivity contribution < 1.29 is 4.79 Å². The summed E-state index contributed by atoms with van der Waals surface area (Å²) in [6.07, 6.45) is 3.61.